The van der Waals surface area contributed by atoms with E-state index >= 15 is 0 Å². The molecular weight excluding hydrogens is 378 g/mol. The topological polar surface area (TPSA) is 69.7 Å². The number of carbonyl (C=O) groups excluding carboxylic acids is 3. The van der Waals surface area contributed by atoms with Crippen LogP contribution in [-0.4, -0.2) is 35.7 Å². The Bertz CT molecular complexity index is 984. The van der Waals surface area contributed by atoms with Crippen LogP contribution in [-0.2, 0) is 27.3 Å². The van der Waals surface area contributed by atoms with Crippen molar-refractivity contribution in [3.63, 3.8) is 0 Å². The summed E-state index contributed by atoms with van der Waals surface area (Å²) in [5.74, 6) is -0.439. The van der Waals surface area contributed by atoms with Crippen LogP contribution in [0.3, 0.4) is 0 Å². The van der Waals surface area contributed by atoms with Crippen LogP contribution < -0.4 is 10.2 Å². The molecule has 1 atom stereocenters. The van der Waals surface area contributed by atoms with E-state index in [1.165, 1.54) is 5.56 Å². The molecule has 0 aliphatic carbocycles. The minimum absolute atomic E-state index is 0.0123. The normalized spacial score (nSPS) is 18.3. The molecule has 1 fully saturated rings. The van der Waals surface area contributed by atoms with Gasteiger partial charge in [0.2, 0.25) is 17.7 Å². The molecule has 0 saturated carbocycles. The molecule has 1 N–H and O–H groups in total. The first kappa shape index (κ1) is 20.1. The SMILES string of the molecule is CC(=O)N1CCCc2cc(NC(=O)C3CC(=O)N(Cc4ccc(C)cc4)C3)ccc21. The minimum Gasteiger partial charge on any atom is -0.338 e. The fraction of sp³-hybridized carbons (Fsp3) is 0.375. The van der Waals surface area contributed by atoms with Gasteiger partial charge in [-0.05, 0) is 49.1 Å². The number of carbonyl (C=O) groups is 3. The van der Waals surface area contributed by atoms with Gasteiger partial charge in [-0.1, -0.05) is 29.8 Å². The fourth-order valence-electron chi connectivity index (χ4n) is 4.26. The van der Waals surface area contributed by atoms with Crippen molar-refractivity contribution >= 4 is 29.1 Å². The monoisotopic (exact) mass is 405 g/mol. The minimum atomic E-state index is -0.354. The lowest BCUT2D eigenvalue weighted by Crippen LogP contribution is -2.33. The molecule has 4 rings (SSSR count). The summed E-state index contributed by atoms with van der Waals surface area (Å²) in [6.07, 6.45) is 2.03. The zero-order valence-corrected chi connectivity index (χ0v) is 17.5. The zero-order chi connectivity index (χ0) is 21.3. The van der Waals surface area contributed by atoms with Crippen LogP contribution in [0.5, 0.6) is 0 Å². The summed E-state index contributed by atoms with van der Waals surface area (Å²) in [6.45, 7) is 5.30. The molecule has 6 heteroatoms. The molecule has 2 heterocycles. The third-order valence-electron chi connectivity index (χ3n) is 5.93. The Morgan fingerprint density at radius 3 is 2.63 bits per heavy atom. The Labute approximate surface area is 176 Å². The molecule has 0 aromatic heterocycles. The molecule has 2 aliphatic rings. The molecular formula is C24H27N3O3. The highest BCUT2D eigenvalue weighted by Gasteiger charge is 2.34. The van der Waals surface area contributed by atoms with Crippen molar-refractivity contribution in [3.05, 3.63) is 59.2 Å². The standard InChI is InChI=1S/C24H27N3O3/c1-16-5-7-18(8-6-16)14-26-15-20(13-23(26)29)24(30)25-21-9-10-22-19(12-21)4-3-11-27(22)17(2)28/h5-10,12,20H,3-4,11,13-15H2,1-2H3,(H,25,30). The summed E-state index contributed by atoms with van der Waals surface area (Å²) in [6, 6.07) is 13.8. The number of rotatable bonds is 4. The van der Waals surface area contributed by atoms with Crippen molar-refractivity contribution in [1.82, 2.24) is 4.90 Å². The van der Waals surface area contributed by atoms with Crippen molar-refractivity contribution in [2.75, 3.05) is 23.3 Å². The van der Waals surface area contributed by atoms with E-state index in [9.17, 15) is 14.4 Å². The van der Waals surface area contributed by atoms with Gasteiger partial charge in [0.15, 0.2) is 0 Å². The number of nitrogens with zero attached hydrogens (tertiary/aromatic N) is 2. The quantitative estimate of drug-likeness (QED) is 0.849. The number of nitrogens with one attached hydrogen (secondary N) is 1. The smallest absolute Gasteiger partial charge is 0.229 e. The third kappa shape index (κ3) is 4.22. The summed E-state index contributed by atoms with van der Waals surface area (Å²) in [5, 5.41) is 2.97. The number of fused-ring (bicyclic) bond motifs is 1. The Balaban J connectivity index is 1.40. The average molecular weight is 405 g/mol. The van der Waals surface area contributed by atoms with Crippen molar-refractivity contribution < 1.29 is 14.4 Å². The van der Waals surface area contributed by atoms with E-state index in [2.05, 4.69) is 5.32 Å². The van der Waals surface area contributed by atoms with Crippen LogP contribution in [0.25, 0.3) is 0 Å². The average Bonchev–Trinajstić information content (AvgIpc) is 3.09. The van der Waals surface area contributed by atoms with Gasteiger partial charge in [-0.15, -0.1) is 0 Å². The number of aryl methyl sites for hydroxylation is 2. The van der Waals surface area contributed by atoms with Gasteiger partial charge in [0, 0.05) is 44.4 Å². The van der Waals surface area contributed by atoms with Gasteiger partial charge in [0.05, 0.1) is 5.92 Å². The molecule has 30 heavy (non-hydrogen) atoms. The predicted molar refractivity (Wildman–Crippen MR) is 116 cm³/mol. The highest BCUT2D eigenvalue weighted by atomic mass is 16.2. The number of amides is 3. The Morgan fingerprint density at radius 2 is 1.90 bits per heavy atom. The van der Waals surface area contributed by atoms with Gasteiger partial charge >= 0.3 is 0 Å². The molecule has 0 radical (unpaired) electrons. The molecule has 0 bridgehead atoms. The van der Waals surface area contributed by atoms with Gasteiger partial charge in [-0.25, -0.2) is 0 Å². The van der Waals surface area contributed by atoms with Crippen molar-refractivity contribution in [2.24, 2.45) is 5.92 Å². The number of likely N-dealkylation sites (tertiary alicyclic amines) is 1. The molecule has 1 saturated heterocycles. The van der Waals surface area contributed by atoms with E-state index in [1.807, 2.05) is 49.4 Å². The first-order chi connectivity index (χ1) is 14.4. The van der Waals surface area contributed by atoms with Crippen LogP contribution in [0.1, 0.15) is 36.5 Å². The van der Waals surface area contributed by atoms with E-state index in [0.717, 1.165) is 36.2 Å². The maximum Gasteiger partial charge on any atom is 0.229 e. The maximum atomic E-state index is 12.8. The van der Waals surface area contributed by atoms with E-state index in [4.69, 9.17) is 0 Å². The first-order valence-corrected chi connectivity index (χ1v) is 10.5. The van der Waals surface area contributed by atoms with Crippen molar-refractivity contribution in [2.45, 2.75) is 39.7 Å². The molecule has 2 aliphatic heterocycles. The molecule has 0 spiro atoms. The van der Waals surface area contributed by atoms with Crippen LogP contribution in [0.15, 0.2) is 42.5 Å². The van der Waals surface area contributed by atoms with Gasteiger partial charge < -0.3 is 15.1 Å². The summed E-state index contributed by atoms with van der Waals surface area (Å²) in [5.41, 5.74) is 4.96. The number of anilines is 2. The Kier molecular flexibility index (Phi) is 5.57. The van der Waals surface area contributed by atoms with Crippen LogP contribution >= 0.6 is 0 Å². The largest absolute Gasteiger partial charge is 0.338 e. The number of hydrogen-bond donors (Lipinski definition) is 1. The van der Waals surface area contributed by atoms with Crippen molar-refractivity contribution in [1.29, 1.82) is 0 Å². The fourth-order valence-corrected chi connectivity index (χ4v) is 4.26. The summed E-state index contributed by atoms with van der Waals surface area (Å²) < 4.78 is 0. The van der Waals surface area contributed by atoms with E-state index < -0.39 is 0 Å². The second-order valence-corrected chi connectivity index (χ2v) is 8.27. The molecule has 2 aromatic rings. The maximum absolute atomic E-state index is 12.8. The first-order valence-electron chi connectivity index (χ1n) is 10.5. The van der Waals surface area contributed by atoms with Crippen LogP contribution in [0.4, 0.5) is 11.4 Å². The Morgan fingerprint density at radius 1 is 1.13 bits per heavy atom. The lowest BCUT2D eigenvalue weighted by atomic mass is 10.0. The zero-order valence-electron chi connectivity index (χ0n) is 17.5. The third-order valence-corrected chi connectivity index (χ3v) is 5.93. The van der Waals surface area contributed by atoms with E-state index in [0.29, 0.717) is 18.8 Å². The highest BCUT2D eigenvalue weighted by molar-refractivity contribution is 5.98. The summed E-state index contributed by atoms with van der Waals surface area (Å²) in [7, 11) is 0. The number of benzene rings is 2. The van der Waals surface area contributed by atoms with Crippen LogP contribution in [0.2, 0.25) is 0 Å². The second kappa shape index (κ2) is 8.30. The van der Waals surface area contributed by atoms with E-state index in [-0.39, 0.29) is 30.1 Å². The van der Waals surface area contributed by atoms with Crippen molar-refractivity contribution in [3.8, 4) is 0 Å². The van der Waals surface area contributed by atoms with Crippen LogP contribution in [0, 0.1) is 12.8 Å². The molecule has 1 unspecified atom stereocenters. The van der Waals surface area contributed by atoms with Gasteiger partial charge in [0.25, 0.3) is 0 Å². The predicted octanol–water partition coefficient (Wildman–Crippen LogP) is 3.28. The molecule has 156 valence electrons. The second-order valence-electron chi connectivity index (χ2n) is 8.27. The molecule has 3 amide bonds. The van der Waals surface area contributed by atoms with E-state index in [1.54, 1.807) is 16.7 Å². The Hall–Kier alpha value is -3.15. The lowest BCUT2D eigenvalue weighted by molar-refractivity contribution is -0.128. The molecule has 6 nitrogen and oxygen atoms in total. The summed E-state index contributed by atoms with van der Waals surface area (Å²) in [4.78, 5) is 40.6. The van der Waals surface area contributed by atoms with Gasteiger partial charge in [0.1, 0.15) is 0 Å². The summed E-state index contributed by atoms with van der Waals surface area (Å²) >= 11 is 0. The molecule has 2 aromatic carbocycles. The highest BCUT2D eigenvalue weighted by Crippen LogP contribution is 2.30. The number of hydrogen-bond acceptors (Lipinski definition) is 3. The van der Waals surface area contributed by atoms with Gasteiger partial charge in [-0.2, -0.15) is 0 Å². The van der Waals surface area contributed by atoms with Gasteiger partial charge in [-0.3, -0.25) is 14.4 Å². The lowest BCUT2D eigenvalue weighted by Gasteiger charge is -2.29.